The molecule has 0 spiro atoms. The number of amides is 2. The standard InChI is InChI=1S/C24H30N2O4/c1-24(23(28)25-16-18-8-5-4-6-9-18)12-7-13-26(17-24)22(27)15-19-10-11-20(29-2)21(14-19)30-3/h4-6,8-11,14H,7,12-13,15-17H2,1-3H3,(H,25,28)/t24-/m0/s1. The second-order valence-electron chi connectivity index (χ2n) is 8.01. The van der Waals surface area contributed by atoms with Crippen molar-refractivity contribution in [3.05, 3.63) is 59.7 Å². The van der Waals surface area contributed by atoms with Gasteiger partial charge in [0.1, 0.15) is 0 Å². The van der Waals surface area contributed by atoms with Crippen molar-refractivity contribution in [2.24, 2.45) is 5.41 Å². The summed E-state index contributed by atoms with van der Waals surface area (Å²) in [5.74, 6) is 1.25. The minimum Gasteiger partial charge on any atom is -0.493 e. The fourth-order valence-corrected chi connectivity index (χ4v) is 3.91. The summed E-state index contributed by atoms with van der Waals surface area (Å²) in [4.78, 5) is 27.6. The van der Waals surface area contributed by atoms with E-state index in [1.54, 1.807) is 20.3 Å². The third kappa shape index (κ3) is 5.12. The molecule has 2 aromatic rings. The third-order valence-corrected chi connectivity index (χ3v) is 5.70. The minimum absolute atomic E-state index is 0.00466. The van der Waals surface area contributed by atoms with E-state index >= 15 is 0 Å². The van der Waals surface area contributed by atoms with Crippen molar-refractivity contribution in [2.75, 3.05) is 27.3 Å². The van der Waals surface area contributed by atoms with Gasteiger partial charge in [0, 0.05) is 19.6 Å². The van der Waals surface area contributed by atoms with Crippen LogP contribution >= 0.6 is 0 Å². The first-order chi connectivity index (χ1) is 14.4. The Morgan fingerprint density at radius 3 is 2.47 bits per heavy atom. The lowest BCUT2D eigenvalue weighted by atomic mass is 9.80. The fourth-order valence-electron chi connectivity index (χ4n) is 3.91. The van der Waals surface area contributed by atoms with Gasteiger partial charge in [-0.15, -0.1) is 0 Å². The first-order valence-corrected chi connectivity index (χ1v) is 10.3. The molecule has 6 heteroatoms. The maximum Gasteiger partial charge on any atom is 0.227 e. The lowest BCUT2D eigenvalue weighted by Gasteiger charge is -2.39. The van der Waals surface area contributed by atoms with Gasteiger partial charge in [-0.25, -0.2) is 0 Å². The highest BCUT2D eigenvalue weighted by Gasteiger charge is 2.39. The number of nitrogens with one attached hydrogen (secondary N) is 1. The van der Waals surface area contributed by atoms with Gasteiger partial charge in [0.25, 0.3) is 0 Å². The summed E-state index contributed by atoms with van der Waals surface area (Å²) < 4.78 is 10.6. The van der Waals surface area contributed by atoms with Crippen molar-refractivity contribution in [2.45, 2.75) is 32.7 Å². The van der Waals surface area contributed by atoms with Crippen LogP contribution in [0.5, 0.6) is 11.5 Å². The fraction of sp³-hybridized carbons (Fsp3) is 0.417. The van der Waals surface area contributed by atoms with Crippen LogP contribution in [0.2, 0.25) is 0 Å². The average molecular weight is 411 g/mol. The number of carbonyl (C=O) groups is 2. The topological polar surface area (TPSA) is 67.9 Å². The molecule has 3 rings (SSSR count). The predicted octanol–water partition coefficient (Wildman–Crippen LogP) is 3.19. The largest absolute Gasteiger partial charge is 0.493 e. The molecular formula is C24H30N2O4. The Morgan fingerprint density at radius 2 is 1.77 bits per heavy atom. The van der Waals surface area contributed by atoms with Crippen molar-refractivity contribution >= 4 is 11.8 Å². The molecule has 0 radical (unpaired) electrons. The summed E-state index contributed by atoms with van der Waals surface area (Å²) in [5, 5.41) is 3.04. The molecule has 1 heterocycles. The molecule has 0 unspecified atom stereocenters. The molecule has 1 atom stereocenters. The average Bonchev–Trinajstić information content (AvgIpc) is 2.78. The van der Waals surface area contributed by atoms with Crippen molar-refractivity contribution in [3.8, 4) is 11.5 Å². The Bertz CT molecular complexity index is 884. The van der Waals surface area contributed by atoms with Crippen LogP contribution in [0.1, 0.15) is 30.9 Å². The molecule has 1 fully saturated rings. The van der Waals surface area contributed by atoms with E-state index in [1.165, 1.54) is 0 Å². The van der Waals surface area contributed by atoms with Crippen LogP contribution in [0.3, 0.4) is 0 Å². The van der Waals surface area contributed by atoms with Gasteiger partial charge in [-0.3, -0.25) is 9.59 Å². The van der Waals surface area contributed by atoms with E-state index < -0.39 is 5.41 Å². The summed E-state index contributed by atoms with van der Waals surface area (Å²) in [6, 6.07) is 15.3. The Labute approximate surface area is 178 Å². The SMILES string of the molecule is COc1ccc(CC(=O)N2CCC[C@](C)(C(=O)NCc3ccccc3)C2)cc1OC. The molecule has 2 aromatic carbocycles. The monoisotopic (exact) mass is 410 g/mol. The molecule has 30 heavy (non-hydrogen) atoms. The van der Waals surface area contributed by atoms with E-state index in [2.05, 4.69) is 5.32 Å². The van der Waals surface area contributed by atoms with E-state index in [0.29, 0.717) is 31.1 Å². The van der Waals surface area contributed by atoms with E-state index in [4.69, 9.17) is 9.47 Å². The zero-order chi connectivity index (χ0) is 21.6. The molecule has 1 saturated heterocycles. The number of methoxy groups -OCH3 is 2. The van der Waals surface area contributed by atoms with Crippen LogP contribution < -0.4 is 14.8 Å². The molecule has 0 aliphatic carbocycles. The lowest BCUT2D eigenvalue weighted by Crippen LogP contribution is -2.52. The summed E-state index contributed by atoms with van der Waals surface area (Å²) in [5.41, 5.74) is 1.34. The Hall–Kier alpha value is -3.02. The van der Waals surface area contributed by atoms with E-state index in [0.717, 1.165) is 24.0 Å². The predicted molar refractivity (Wildman–Crippen MR) is 115 cm³/mol. The molecule has 1 N–H and O–H groups in total. The van der Waals surface area contributed by atoms with Gasteiger partial charge in [-0.2, -0.15) is 0 Å². The molecule has 0 bridgehead atoms. The van der Waals surface area contributed by atoms with E-state index in [9.17, 15) is 9.59 Å². The van der Waals surface area contributed by atoms with Crippen LogP contribution in [0.15, 0.2) is 48.5 Å². The van der Waals surface area contributed by atoms with Gasteiger partial charge in [0.15, 0.2) is 11.5 Å². The summed E-state index contributed by atoms with van der Waals surface area (Å²) in [6.07, 6.45) is 1.85. The van der Waals surface area contributed by atoms with E-state index in [-0.39, 0.29) is 18.2 Å². The number of hydrogen-bond donors (Lipinski definition) is 1. The normalized spacial score (nSPS) is 18.6. The number of piperidine rings is 1. The zero-order valence-electron chi connectivity index (χ0n) is 17.9. The maximum atomic E-state index is 12.9. The number of nitrogens with zero attached hydrogens (tertiary/aromatic N) is 1. The van der Waals surface area contributed by atoms with Crippen LogP contribution in [0, 0.1) is 5.41 Å². The number of benzene rings is 2. The molecule has 6 nitrogen and oxygen atoms in total. The Morgan fingerprint density at radius 1 is 1.03 bits per heavy atom. The molecule has 1 aliphatic heterocycles. The summed E-state index contributed by atoms with van der Waals surface area (Å²) in [7, 11) is 3.16. The highest BCUT2D eigenvalue weighted by Crippen LogP contribution is 2.31. The Kier molecular flexibility index (Phi) is 6.98. The first kappa shape index (κ1) is 21.7. The molecule has 0 aromatic heterocycles. The van der Waals surface area contributed by atoms with Crippen molar-refractivity contribution in [1.82, 2.24) is 10.2 Å². The second-order valence-corrected chi connectivity index (χ2v) is 8.01. The van der Waals surface area contributed by atoms with Gasteiger partial charge < -0.3 is 19.7 Å². The quantitative estimate of drug-likeness (QED) is 0.761. The summed E-state index contributed by atoms with van der Waals surface area (Å²) in [6.45, 7) is 3.55. The third-order valence-electron chi connectivity index (χ3n) is 5.70. The smallest absolute Gasteiger partial charge is 0.227 e. The number of hydrogen-bond acceptors (Lipinski definition) is 4. The Balaban J connectivity index is 1.61. The van der Waals surface area contributed by atoms with Gasteiger partial charge in [-0.1, -0.05) is 36.4 Å². The van der Waals surface area contributed by atoms with Crippen LogP contribution in [0.4, 0.5) is 0 Å². The molecule has 0 saturated carbocycles. The molecule has 1 aliphatic rings. The molecule has 160 valence electrons. The van der Waals surface area contributed by atoms with Crippen LogP contribution in [0.25, 0.3) is 0 Å². The number of carbonyl (C=O) groups excluding carboxylic acids is 2. The summed E-state index contributed by atoms with van der Waals surface area (Å²) >= 11 is 0. The number of ether oxygens (including phenoxy) is 2. The second kappa shape index (κ2) is 9.65. The van der Waals surface area contributed by atoms with Crippen molar-refractivity contribution in [3.63, 3.8) is 0 Å². The van der Waals surface area contributed by atoms with Gasteiger partial charge in [-0.05, 0) is 43.0 Å². The minimum atomic E-state index is -0.583. The lowest BCUT2D eigenvalue weighted by molar-refractivity contribution is -0.140. The van der Waals surface area contributed by atoms with E-state index in [1.807, 2.05) is 54.3 Å². The highest BCUT2D eigenvalue weighted by atomic mass is 16.5. The number of rotatable bonds is 7. The van der Waals surface area contributed by atoms with Crippen LogP contribution in [-0.2, 0) is 22.6 Å². The van der Waals surface area contributed by atoms with Crippen LogP contribution in [-0.4, -0.2) is 44.0 Å². The maximum absolute atomic E-state index is 12.9. The first-order valence-electron chi connectivity index (χ1n) is 10.3. The molecule has 2 amide bonds. The van der Waals surface area contributed by atoms with Gasteiger partial charge in [0.2, 0.25) is 11.8 Å². The van der Waals surface area contributed by atoms with Gasteiger partial charge >= 0.3 is 0 Å². The number of likely N-dealkylation sites (tertiary alicyclic amines) is 1. The highest BCUT2D eigenvalue weighted by molar-refractivity contribution is 5.85. The molecular weight excluding hydrogens is 380 g/mol. The van der Waals surface area contributed by atoms with Crippen molar-refractivity contribution < 1.29 is 19.1 Å². The zero-order valence-corrected chi connectivity index (χ0v) is 17.9. The van der Waals surface area contributed by atoms with Crippen molar-refractivity contribution in [1.29, 1.82) is 0 Å². The van der Waals surface area contributed by atoms with Gasteiger partial charge in [0.05, 0.1) is 26.1 Å².